The number of carbonyl (C=O) groups is 1. The second-order valence-corrected chi connectivity index (χ2v) is 6.62. The van der Waals surface area contributed by atoms with Crippen LogP contribution in [0.2, 0.25) is 0 Å². The van der Waals surface area contributed by atoms with Gasteiger partial charge < -0.3 is 15.8 Å². The van der Waals surface area contributed by atoms with E-state index in [9.17, 15) is 13.2 Å². The molecule has 1 fully saturated rings. The fraction of sp³-hybridized carbons (Fsp3) is 0.636. The van der Waals surface area contributed by atoms with Gasteiger partial charge in [0.1, 0.15) is 10.7 Å². The number of nitrogens with one attached hydrogen (secondary N) is 2. The number of alkyl carbamates (subject to hydrolysis) is 1. The second kappa shape index (κ2) is 6.31. The number of ether oxygens (including phenoxy) is 1. The minimum atomic E-state index is -3.71. The Morgan fingerprint density at radius 1 is 1.67 bits per heavy atom. The number of carbonyl (C=O) groups excluding carboxylic acids is 1. The van der Waals surface area contributed by atoms with Gasteiger partial charge in [0.25, 0.3) is 0 Å². The monoisotopic (exact) mass is 317 g/mol. The number of rotatable bonds is 4. The highest BCUT2D eigenvalue weighted by molar-refractivity contribution is 7.89. The number of hydrogen-bond acceptors (Lipinski definition) is 6. The Morgan fingerprint density at radius 3 is 3.05 bits per heavy atom. The lowest BCUT2D eigenvalue weighted by Crippen LogP contribution is -2.49. The van der Waals surface area contributed by atoms with Crippen LogP contribution >= 0.6 is 0 Å². The number of sulfonamides is 1. The zero-order valence-corrected chi connectivity index (χ0v) is 12.5. The van der Waals surface area contributed by atoms with Gasteiger partial charge in [0.2, 0.25) is 10.0 Å². The van der Waals surface area contributed by atoms with Crippen molar-refractivity contribution in [3.05, 3.63) is 6.20 Å². The van der Waals surface area contributed by atoms with Gasteiger partial charge in [-0.2, -0.15) is 9.40 Å². The van der Waals surface area contributed by atoms with Gasteiger partial charge in [-0.1, -0.05) is 0 Å². The SMILES string of the molecule is CCOC(=O)NC1CCCN(S(=O)(=O)c2cn[nH]c2N)C1. The minimum absolute atomic E-state index is 0.00970. The maximum atomic E-state index is 12.5. The Labute approximate surface area is 122 Å². The van der Waals surface area contributed by atoms with Gasteiger partial charge >= 0.3 is 6.09 Å². The highest BCUT2D eigenvalue weighted by Crippen LogP contribution is 2.23. The molecule has 1 saturated heterocycles. The zero-order chi connectivity index (χ0) is 15.5. The number of amides is 1. The van der Waals surface area contributed by atoms with Crippen LogP contribution in [-0.4, -0.2) is 54.8 Å². The van der Waals surface area contributed by atoms with E-state index in [0.29, 0.717) is 19.4 Å². The summed E-state index contributed by atoms with van der Waals surface area (Å²) in [6.07, 6.45) is 2.00. The maximum Gasteiger partial charge on any atom is 0.407 e. The number of H-pyrrole nitrogens is 1. The number of nitrogen functional groups attached to an aromatic ring is 1. The van der Waals surface area contributed by atoms with Gasteiger partial charge in [-0.3, -0.25) is 5.10 Å². The summed E-state index contributed by atoms with van der Waals surface area (Å²) in [7, 11) is -3.71. The molecular weight excluding hydrogens is 298 g/mol. The van der Waals surface area contributed by atoms with E-state index in [1.807, 2.05) is 0 Å². The lowest BCUT2D eigenvalue weighted by Gasteiger charge is -2.31. The van der Waals surface area contributed by atoms with Crippen molar-refractivity contribution < 1.29 is 17.9 Å². The van der Waals surface area contributed by atoms with Gasteiger partial charge in [0.15, 0.2) is 0 Å². The fourth-order valence-electron chi connectivity index (χ4n) is 2.25. The smallest absolute Gasteiger partial charge is 0.407 e. The summed E-state index contributed by atoms with van der Waals surface area (Å²) in [5.41, 5.74) is 5.57. The maximum absolute atomic E-state index is 12.5. The van der Waals surface area contributed by atoms with Crippen LogP contribution in [-0.2, 0) is 14.8 Å². The summed E-state index contributed by atoms with van der Waals surface area (Å²) in [5.74, 6) is 0.00970. The van der Waals surface area contributed by atoms with E-state index >= 15 is 0 Å². The van der Waals surface area contributed by atoms with Crippen molar-refractivity contribution in [3.63, 3.8) is 0 Å². The summed E-state index contributed by atoms with van der Waals surface area (Å²) in [5, 5.41) is 8.70. The summed E-state index contributed by atoms with van der Waals surface area (Å²) in [4.78, 5) is 11.4. The van der Waals surface area contributed by atoms with E-state index in [1.54, 1.807) is 6.92 Å². The topological polar surface area (TPSA) is 130 Å². The second-order valence-electron chi connectivity index (χ2n) is 4.71. The molecule has 0 aliphatic carbocycles. The van der Waals surface area contributed by atoms with E-state index in [0.717, 1.165) is 0 Å². The molecule has 0 aromatic carbocycles. The van der Waals surface area contributed by atoms with Crippen LogP contribution in [0.1, 0.15) is 19.8 Å². The third kappa shape index (κ3) is 3.45. The average Bonchev–Trinajstić information content (AvgIpc) is 2.86. The number of nitrogens with zero attached hydrogens (tertiary/aromatic N) is 2. The minimum Gasteiger partial charge on any atom is -0.450 e. The van der Waals surface area contributed by atoms with Crippen LogP contribution in [0.5, 0.6) is 0 Å². The van der Waals surface area contributed by atoms with Crippen molar-refractivity contribution in [2.24, 2.45) is 0 Å². The highest BCUT2D eigenvalue weighted by atomic mass is 32.2. The van der Waals surface area contributed by atoms with Crippen molar-refractivity contribution in [1.29, 1.82) is 0 Å². The number of aromatic amines is 1. The molecule has 9 nitrogen and oxygen atoms in total. The van der Waals surface area contributed by atoms with Crippen molar-refractivity contribution in [3.8, 4) is 0 Å². The van der Waals surface area contributed by atoms with Crippen LogP contribution in [0.25, 0.3) is 0 Å². The first-order valence-corrected chi connectivity index (χ1v) is 8.11. The fourth-order valence-corrected chi connectivity index (χ4v) is 3.78. The molecule has 10 heteroatoms. The summed E-state index contributed by atoms with van der Waals surface area (Å²) in [6, 6.07) is -0.277. The average molecular weight is 317 g/mol. The van der Waals surface area contributed by atoms with Gasteiger partial charge in [-0.25, -0.2) is 13.2 Å². The van der Waals surface area contributed by atoms with Crippen LogP contribution in [0.15, 0.2) is 11.1 Å². The molecule has 1 amide bonds. The molecule has 0 spiro atoms. The van der Waals surface area contributed by atoms with Crippen LogP contribution in [0, 0.1) is 0 Å². The largest absolute Gasteiger partial charge is 0.450 e. The van der Waals surface area contributed by atoms with Gasteiger partial charge in [0.05, 0.1) is 12.8 Å². The number of hydrogen-bond donors (Lipinski definition) is 3. The third-order valence-corrected chi connectivity index (χ3v) is 5.12. The molecule has 4 N–H and O–H groups in total. The van der Waals surface area contributed by atoms with E-state index in [1.165, 1.54) is 10.5 Å². The van der Waals surface area contributed by atoms with Crippen molar-refractivity contribution in [2.75, 3.05) is 25.4 Å². The van der Waals surface area contributed by atoms with Crippen molar-refractivity contribution in [2.45, 2.75) is 30.7 Å². The van der Waals surface area contributed by atoms with Crippen molar-refractivity contribution >= 4 is 21.9 Å². The van der Waals surface area contributed by atoms with Gasteiger partial charge in [-0.05, 0) is 19.8 Å². The molecule has 1 aromatic rings. The molecule has 0 radical (unpaired) electrons. The molecule has 0 bridgehead atoms. The molecule has 2 rings (SSSR count). The Kier molecular flexibility index (Phi) is 4.68. The predicted octanol–water partition coefficient (Wildman–Crippen LogP) is -0.109. The van der Waals surface area contributed by atoms with Crippen LogP contribution in [0.4, 0.5) is 10.6 Å². The van der Waals surface area contributed by atoms with E-state index in [-0.39, 0.29) is 29.9 Å². The Morgan fingerprint density at radius 2 is 2.43 bits per heavy atom. The first kappa shape index (κ1) is 15.6. The zero-order valence-electron chi connectivity index (χ0n) is 11.7. The molecule has 0 saturated carbocycles. The summed E-state index contributed by atoms with van der Waals surface area (Å²) < 4.78 is 31.0. The van der Waals surface area contributed by atoms with E-state index in [4.69, 9.17) is 10.5 Å². The third-order valence-electron chi connectivity index (χ3n) is 3.23. The Balaban J connectivity index is 2.07. The predicted molar refractivity (Wildman–Crippen MR) is 74.9 cm³/mol. The number of piperidine rings is 1. The number of anilines is 1. The van der Waals surface area contributed by atoms with Crippen LogP contribution in [0.3, 0.4) is 0 Å². The van der Waals surface area contributed by atoms with Gasteiger partial charge in [0, 0.05) is 19.1 Å². The van der Waals surface area contributed by atoms with E-state index < -0.39 is 16.1 Å². The first-order valence-electron chi connectivity index (χ1n) is 6.67. The standard InChI is InChI=1S/C11H19N5O4S/c1-2-20-11(17)14-8-4-3-5-16(7-8)21(18,19)9-6-13-15-10(9)12/h6,8H,2-5,7H2,1H3,(H,14,17)(H3,12,13,15). The lowest BCUT2D eigenvalue weighted by atomic mass is 10.1. The molecule has 118 valence electrons. The lowest BCUT2D eigenvalue weighted by molar-refractivity contribution is 0.142. The normalized spacial score (nSPS) is 20.1. The highest BCUT2D eigenvalue weighted by Gasteiger charge is 2.33. The molecule has 1 atom stereocenters. The molecule has 1 aliphatic rings. The molecule has 2 heterocycles. The quantitative estimate of drug-likeness (QED) is 0.710. The summed E-state index contributed by atoms with van der Waals surface area (Å²) >= 11 is 0. The first-order chi connectivity index (χ1) is 9.95. The molecule has 21 heavy (non-hydrogen) atoms. The summed E-state index contributed by atoms with van der Waals surface area (Å²) in [6.45, 7) is 2.55. The number of aromatic nitrogens is 2. The molecular formula is C11H19N5O4S. The Hall–Kier alpha value is -1.81. The molecule has 1 aromatic heterocycles. The number of nitrogens with two attached hydrogens (primary N) is 1. The van der Waals surface area contributed by atoms with Crippen molar-refractivity contribution in [1.82, 2.24) is 19.8 Å². The van der Waals surface area contributed by atoms with Crippen LogP contribution < -0.4 is 11.1 Å². The Bertz CT molecular complexity index is 600. The molecule has 1 aliphatic heterocycles. The van der Waals surface area contributed by atoms with Gasteiger partial charge in [-0.15, -0.1) is 0 Å². The molecule has 1 unspecified atom stereocenters. The van der Waals surface area contributed by atoms with E-state index in [2.05, 4.69) is 15.5 Å².